The first kappa shape index (κ1) is 16.2. The highest BCUT2D eigenvalue weighted by Gasteiger charge is 2.80. The summed E-state index contributed by atoms with van der Waals surface area (Å²) in [5, 5.41) is 32.2. The highest BCUT2D eigenvalue weighted by molar-refractivity contribution is 5.33. The van der Waals surface area contributed by atoms with E-state index in [4.69, 9.17) is 20.3 Å². The van der Waals surface area contributed by atoms with Crippen molar-refractivity contribution in [2.75, 3.05) is 6.54 Å². The van der Waals surface area contributed by atoms with Crippen molar-refractivity contribution in [1.29, 1.82) is 0 Å². The normalized spacial score (nSPS) is 59.5. The maximum absolute atomic E-state index is 10.6. The second-order valence-electron chi connectivity index (χ2n) is 7.70. The Balaban J connectivity index is 1.44. The van der Waals surface area contributed by atoms with E-state index < -0.39 is 24.7 Å². The molecule has 0 amide bonds. The third-order valence-electron chi connectivity index (χ3n) is 6.05. The van der Waals surface area contributed by atoms with Crippen LogP contribution in [0.4, 0.5) is 0 Å². The summed E-state index contributed by atoms with van der Waals surface area (Å²) < 4.78 is 11.7. The van der Waals surface area contributed by atoms with Gasteiger partial charge in [0, 0.05) is 12.6 Å². The van der Waals surface area contributed by atoms with Crippen LogP contribution in [-0.2, 0) is 9.47 Å². The number of nitrogens with zero attached hydrogens (tertiary/aromatic N) is 1. The zero-order valence-corrected chi connectivity index (χ0v) is 13.6. The minimum absolute atomic E-state index is 0.0590. The summed E-state index contributed by atoms with van der Waals surface area (Å²) in [7, 11) is 0. The molecule has 8 nitrogen and oxygen atoms in total. The van der Waals surface area contributed by atoms with E-state index in [0.717, 1.165) is 0 Å². The molecule has 4 saturated heterocycles. The molecule has 11 atom stereocenters. The van der Waals surface area contributed by atoms with Crippen LogP contribution in [0.3, 0.4) is 0 Å². The summed E-state index contributed by atoms with van der Waals surface area (Å²) in [4.78, 5) is 2.19. The molecule has 0 aromatic heterocycles. The molecule has 4 heterocycles. The zero-order valence-electron chi connectivity index (χ0n) is 13.6. The molecule has 0 radical (unpaired) electrons. The van der Waals surface area contributed by atoms with Gasteiger partial charge in [-0.3, -0.25) is 10.2 Å². The lowest BCUT2D eigenvalue weighted by Crippen LogP contribution is -2.63. The van der Waals surface area contributed by atoms with Gasteiger partial charge in [-0.1, -0.05) is 0 Å². The standard InChI is InChI=1S/C15H27N3O5/c1-6(16)8-4-3-7(19)14(22-8)23-13-11(21)9-10(20)12-15(2,5-17-13)18(9)12/h6-14,17,19-21H,3-5,16H2,1-2H3/p+1. The van der Waals surface area contributed by atoms with Gasteiger partial charge in [0.25, 0.3) is 0 Å². The Hall–Kier alpha value is -0.320. The summed E-state index contributed by atoms with van der Waals surface area (Å²) in [6.45, 7) is 4.64. The molecule has 8 heteroatoms. The van der Waals surface area contributed by atoms with E-state index in [-0.39, 0.29) is 35.9 Å². The van der Waals surface area contributed by atoms with Gasteiger partial charge in [-0.05, 0) is 26.7 Å². The lowest BCUT2D eigenvalue weighted by Gasteiger charge is -2.40. The van der Waals surface area contributed by atoms with Crippen LogP contribution in [-0.4, -0.2) is 87.4 Å². The molecule has 4 aliphatic rings. The zero-order chi connectivity index (χ0) is 16.5. The topological polar surface area (TPSA) is 123 Å². The Morgan fingerprint density at radius 2 is 2.17 bits per heavy atom. The molecule has 0 saturated carbocycles. The lowest BCUT2D eigenvalue weighted by molar-refractivity contribution is -0.278. The first-order valence-corrected chi connectivity index (χ1v) is 8.50. The maximum atomic E-state index is 10.6. The Morgan fingerprint density at radius 3 is 2.87 bits per heavy atom. The van der Waals surface area contributed by atoms with Crippen molar-refractivity contribution in [2.24, 2.45) is 5.73 Å². The largest absolute Gasteiger partial charge is 0.441 e. The first-order chi connectivity index (χ1) is 10.8. The maximum Gasteiger partial charge on any atom is 0.190 e. The molecule has 4 rings (SSSR count). The quantitative estimate of drug-likeness (QED) is 0.331. The minimum atomic E-state index is -0.815. The van der Waals surface area contributed by atoms with Crippen molar-refractivity contribution in [3.63, 3.8) is 0 Å². The summed E-state index contributed by atoms with van der Waals surface area (Å²) in [5.74, 6) is 0. The monoisotopic (exact) mass is 330 g/mol. The van der Waals surface area contributed by atoms with Gasteiger partial charge in [-0.2, -0.15) is 0 Å². The van der Waals surface area contributed by atoms with E-state index in [1.165, 1.54) is 0 Å². The highest BCUT2D eigenvalue weighted by atomic mass is 16.7. The fourth-order valence-electron chi connectivity index (χ4n) is 4.59. The number of rotatable bonds is 3. The Bertz CT molecular complexity index is 480. The van der Waals surface area contributed by atoms with Crippen LogP contribution >= 0.6 is 0 Å². The van der Waals surface area contributed by atoms with Crippen molar-refractivity contribution in [3.8, 4) is 0 Å². The Kier molecular flexibility index (Phi) is 3.75. The second-order valence-corrected chi connectivity index (χ2v) is 7.70. The van der Waals surface area contributed by atoms with E-state index in [2.05, 4.69) is 17.1 Å². The van der Waals surface area contributed by atoms with Gasteiger partial charge in [-0.15, -0.1) is 0 Å². The highest BCUT2D eigenvalue weighted by Crippen LogP contribution is 2.57. The molecule has 0 aromatic carbocycles. The molecular weight excluding hydrogens is 302 g/mol. The fourth-order valence-corrected chi connectivity index (χ4v) is 4.59. The van der Waals surface area contributed by atoms with Crippen LogP contribution in [0.25, 0.3) is 0 Å². The van der Waals surface area contributed by atoms with E-state index >= 15 is 0 Å². The number of hydrogen-bond acceptors (Lipinski definition) is 7. The Labute approximate surface area is 135 Å². The Morgan fingerprint density at radius 1 is 1.43 bits per heavy atom. The fraction of sp³-hybridized carbons (Fsp3) is 1.00. The number of nitrogens with two attached hydrogens (primary N) is 1. The summed E-state index contributed by atoms with van der Waals surface area (Å²) in [6, 6.07) is -0.104. The lowest BCUT2D eigenvalue weighted by atomic mass is 9.91. The van der Waals surface area contributed by atoms with Crippen LogP contribution in [0, 0.1) is 0 Å². The molecule has 132 valence electrons. The number of fused-ring (bicyclic) bond motifs is 1. The molecule has 0 spiro atoms. The van der Waals surface area contributed by atoms with Crippen LogP contribution < -0.4 is 11.1 Å². The van der Waals surface area contributed by atoms with Gasteiger partial charge in [0.05, 0.1) is 11.6 Å². The summed E-state index contributed by atoms with van der Waals surface area (Å²) >= 11 is 0. The van der Waals surface area contributed by atoms with E-state index in [1.54, 1.807) is 0 Å². The number of nitrogens with one attached hydrogen (secondary N) is 1. The predicted octanol–water partition coefficient (Wildman–Crippen LogP) is -2.58. The molecule has 23 heavy (non-hydrogen) atoms. The van der Waals surface area contributed by atoms with Crippen molar-refractivity contribution >= 4 is 0 Å². The number of ether oxygens (including phenoxy) is 2. The van der Waals surface area contributed by atoms with E-state index in [1.807, 2.05) is 6.92 Å². The van der Waals surface area contributed by atoms with Crippen molar-refractivity contribution in [1.82, 2.24) is 10.2 Å². The van der Waals surface area contributed by atoms with Gasteiger partial charge < -0.3 is 30.5 Å². The van der Waals surface area contributed by atoms with E-state index in [9.17, 15) is 10.2 Å². The average Bonchev–Trinajstić information content (AvgIpc) is 3.05. The SMILES string of the molecule is CC(N)C1CCC(O)C(OC2NCC3(C)C4C([OH2+])C(C2O)N43)O1. The molecule has 4 aliphatic heterocycles. The number of aliphatic hydroxyl groups is 2. The van der Waals surface area contributed by atoms with Crippen LogP contribution in [0.1, 0.15) is 26.7 Å². The average molecular weight is 330 g/mol. The summed E-state index contributed by atoms with van der Waals surface area (Å²) in [5.41, 5.74) is 5.83. The van der Waals surface area contributed by atoms with Gasteiger partial charge in [0.2, 0.25) is 0 Å². The smallest absolute Gasteiger partial charge is 0.190 e. The third kappa shape index (κ3) is 2.28. The molecule has 11 unspecified atom stereocenters. The van der Waals surface area contributed by atoms with Gasteiger partial charge in [0.1, 0.15) is 30.5 Å². The molecule has 4 fully saturated rings. The van der Waals surface area contributed by atoms with Crippen LogP contribution in [0.2, 0.25) is 0 Å². The second kappa shape index (κ2) is 5.34. The third-order valence-corrected chi connectivity index (χ3v) is 6.05. The number of hydrogen-bond donors (Lipinski definition) is 4. The van der Waals surface area contributed by atoms with Crippen molar-refractivity contribution in [2.45, 2.75) is 87.3 Å². The minimum Gasteiger partial charge on any atom is -0.441 e. The first-order valence-electron chi connectivity index (χ1n) is 8.50. The molecule has 7 N–H and O–H groups in total. The molecular formula is C15H28N3O5+. The molecule has 0 aromatic rings. The summed E-state index contributed by atoms with van der Waals surface area (Å²) in [6.07, 6.45) is -2.16. The van der Waals surface area contributed by atoms with Gasteiger partial charge in [-0.25, -0.2) is 0 Å². The van der Waals surface area contributed by atoms with Crippen LogP contribution in [0.5, 0.6) is 0 Å². The predicted molar refractivity (Wildman–Crippen MR) is 81.7 cm³/mol. The van der Waals surface area contributed by atoms with E-state index in [0.29, 0.717) is 19.4 Å². The van der Waals surface area contributed by atoms with Crippen molar-refractivity contribution in [3.05, 3.63) is 0 Å². The van der Waals surface area contributed by atoms with Gasteiger partial charge >= 0.3 is 0 Å². The van der Waals surface area contributed by atoms with Gasteiger partial charge in [0.15, 0.2) is 12.4 Å². The van der Waals surface area contributed by atoms with Crippen LogP contribution in [0.15, 0.2) is 0 Å². The number of aliphatic hydroxyl groups excluding tert-OH is 2. The molecule has 0 aliphatic carbocycles. The van der Waals surface area contributed by atoms with Crippen molar-refractivity contribution < 1.29 is 24.8 Å². The molecule has 0 bridgehead atoms.